The molecular formula is C18H27N3OS. The summed E-state index contributed by atoms with van der Waals surface area (Å²) < 4.78 is 0. The molecule has 0 spiro atoms. The average molecular weight is 334 g/mol. The van der Waals surface area contributed by atoms with Gasteiger partial charge in [-0.05, 0) is 24.5 Å². The lowest BCUT2D eigenvalue weighted by Crippen LogP contribution is -2.47. The van der Waals surface area contributed by atoms with E-state index in [1.807, 2.05) is 20.2 Å². The molecule has 0 unspecified atom stereocenters. The normalized spacial score (nSPS) is 16.2. The van der Waals surface area contributed by atoms with Gasteiger partial charge in [0.05, 0.1) is 0 Å². The minimum atomic E-state index is -0.465. The van der Waals surface area contributed by atoms with Crippen molar-refractivity contribution in [3.05, 3.63) is 29.8 Å². The zero-order valence-corrected chi connectivity index (χ0v) is 15.4. The number of carbonyl (C=O) groups excluding carboxylic acids is 1. The summed E-state index contributed by atoms with van der Waals surface area (Å²) in [6, 6.07) is 8.34. The van der Waals surface area contributed by atoms with Crippen molar-refractivity contribution in [1.82, 2.24) is 5.32 Å². The van der Waals surface area contributed by atoms with E-state index in [0.717, 1.165) is 36.6 Å². The van der Waals surface area contributed by atoms with Crippen LogP contribution >= 0.6 is 11.8 Å². The molecule has 1 amide bonds. The predicted molar refractivity (Wildman–Crippen MR) is 100 cm³/mol. The number of hydrogen-bond donors (Lipinski definition) is 1. The third-order valence-electron chi connectivity index (χ3n) is 4.15. The van der Waals surface area contributed by atoms with E-state index >= 15 is 0 Å². The Balaban J connectivity index is 2.05. The Morgan fingerprint density at radius 1 is 1.17 bits per heavy atom. The Kier molecular flexibility index (Phi) is 6.10. The van der Waals surface area contributed by atoms with Crippen LogP contribution in [-0.4, -0.2) is 30.7 Å². The predicted octanol–water partition coefficient (Wildman–Crippen LogP) is 3.81. The van der Waals surface area contributed by atoms with Gasteiger partial charge >= 0.3 is 0 Å². The minimum absolute atomic E-state index is 0.00425. The van der Waals surface area contributed by atoms with Gasteiger partial charge in [0, 0.05) is 25.5 Å². The van der Waals surface area contributed by atoms with Crippen molar-refractivity contribution >= 4 is 28.5 Å². The van der Waals surface area contributed by atoms with Crippen LogP contribution < -0.4 is 10.2 Å². The van der Waals surface area contributed by atoms with Gasteiger partial charge in [0.1, 0.15) is 5.54 Å². The van der Waals surface area contributed by atoms with Crippen molar-refractivity contribution in [3.63, 3.8) is 0 Å². The van der Waals surface area contributed by atoms with Crippen LogP contribution in [0.4, 0.5) is 5.69 Å². The Morgan fingerprint density at radius 3 is 2.43 bits per heavy atom. The summed E-state index contributed by atoms with van der Waals surface area (Å²) in [5, 5.41) is 4.19. The Morgan fingerprint density at radius 2 is 1.83 bits per heavy atom. The molecule has 4 nitrogen and oxygen atoms in total. The van der Waals surface area contributed by atoms with Crippen LogP contribution in [0, 0.1) is 0 Å². The first-order chi connectivity index (χ1) is 11.0. The zero-order chi connectivity index (χ0) is 16.9. The summed E-state index contributed by atoms with van der Waals surface area (Å²) in [5.74, 6) is 0.812. The van der Waals surface area contributed by atoms with Gasteiger partial charge < -0.3 is 10.2 Å². The van der Waals surface area contributed by atoms with Gasteiger partial charge in [-0.15, -0.1) is 0 Å². The van der Waals surface area contributed by atoms with Gasteiger partial charge in [0.15, 0.2) is 5.17 Å². The van der Waals surface area contributed by atoms with Crippen molar-refractivity contribution in [2.24, 2.45) is 4.99 Å². The van der Waals surface area contributed by atoms with E-state index in [9.17, 15) is 4.79 Å². The first-order valence-electron chi connectivity index (χ1n) is 8.31. The van der Waals surface area contributed by atoms with Crippen molar-refractivity contribution in [3.8, 4) is 0 Å². The maximum Gasteiger partial charge on any atom is 0.273 e. The number of aliphatic imine (C=N–C) groups is 1. The van der Waals surface area contributed by atoms with E-state index in [2.05, 4.69) is 47.3 Å². The lowest BCUT2D eigenvalue weighted by Gasteiger charge is -2.27. The van der Waals surface area contributed by atoms with Crippen LogP contribution in [-0.2, 0) is 10.5 Å². The van der Waals surface area contributed by atoms with Crippen molar-refractivity contribution < 1.29 is 4.79 Å². The molecule has 0 aromatic heterocycles. The van der Waals surface area contributed by atoms with Gasteiger partial charge in [-0.2, -0.15) is 4.99 Å². The SMILES string of the molecule is CCCC1(CCC)NC(SCc2ccccc2N(C)C)=NC1=O. The van der Waals surface area contributed by atoms with Crippen LogP contribution in [0.15, 0.2) is 29.3 Å². The highest BCUT2D eigenvalue weighted by Crippen LogP contribution is 2.30. The molecule has 1 aliphatic heterocycles. The number of hydrogen-bond acceptors (Lipinski definition) is 4. The van der Waals surface area contributed by atoms with Crippen molar-refractivity contribution in [2.45, 2.75) is 50.8 Å². The highest BCUT2D eigenvalue weighted by molar-refractivity contribution is 8.13. The lowest BCUT2D eigenvalue weighted by molar-refractivity contribution is -0.123. The second-order valence-electron chi connectivity index (χ2n) is 6.24. The maximum atomic E-state index is 12.4. The summed E-state index contributed by atoms with van der Waals surface area (Å²) in [5.41, 5.74) is 1.99. The fourth-order valence-corrected chi connectivity index (χ4v) is 4.04. The number of carbonyl (C=O) groups is 1. The molecule has 23 heavy (non-hydrogen) atoms. The smallest absolute Gasteiger partial charge is 0.273 e. The zero-order valence-electron chi connectivity index (χ0n) is 14.6. The maximum absolute atomic E-state index is 12.4. The summed E-state index contributed by atoms with van der Waals surface area (Å²) >= 11 is 1.62. The van der Waals surface area contributed by atoms with Crippen LogP contribution in [0.2, 0.25) is 0 Å². The highest BCUT2D eigenvalue weighted by atomic mass is 32.2. The topological polar surface area (TPSA) is 44.7 Å². The van der Waals surface area contributed by atoms with Crippen molar-refractivity contribution in [1.29, 1.82) is 0 Å². The fourth-order valence-electron chi connectivity index (χ4n) is 3.09. The average Bonchev–Trinajstić information content (AvgIpc) is 2.82. The first kappa shape index (κ1) is 17.9. The number of amides is 1. The molecule has 0 bridgehead atoms. The Hall–Kier alpha value is -1.49. The molecule has 0 aliphatic carbocycles. The van der Waals surface area contributed by atoms with Crippen LogP contribution in [0.25, 0.3) is 0 Å². The molecule has 1 N–H and O–H groups in total. The second kappa shape index (κ2) is 7.86. The van der Waals surface area contributed by atoms with Gasteiger partial charge in [-0.25, -0.2) is 0 Å². The third kappa shape index (κ3) is 4.08. The molecule has 1 aliphatic rings. The fraction of sp³-hybridized carbons (Fsp3) is 0.556. The van der Waals surface area contributed by atoms with E-state index < -0.39 is 5.54 Å². The van der Waals surface area contributed by atoms with E-state index in [4.69, 9.17) is 0 Å². The molecule has 2 rings (SSSR count). The monoisotopic (exact) mass is 333 g/mol. The molecule has 1 aromatic rings. The molecular weight excluding hydrogens is 306 g/mol. The lowest BCUT2D eigenvalue weighted by atomic mass is 9.89. The highest BCUT2D eigenvalue weighted by Gasteiger charge is 2.42. The Labute approximate surface area is 143 Å². The largest absolute Gasteiger partial charge is 0.377 e. The molecule has 1 heterocycles. The number of para-hydroxylation sites is 1. The van der Waals surface area contributed by atoms with Crippen LogP contribution in [0.1, 0.15) is 45.1 Å². The number of amidine groups is 1. The third-order valence-corrected chi connectivity index (χ3v) is 5.07. The summed E-state index contributed by atoms with van der Waals surface area (Å²) in [7, 11) is 4.10. The van der Waals surface area contributed by atoms with E-state index in [1.165, 1.54) is 11.3 Å². The Bertz CT molecular complexity index is 577. The van der Waals surface area contributed by atoms with Gasteiger partial charge in [0.25, 0.3) is 5.91 Å². The molecule has 1 aromatic carbocycles. The van der Waals surface area contributed by atoms with Gasteiger partial charge in [-0.1, -0.05) is 56.7 Å². The second-order valence-corrected chi connectivity index (χ2v) is 7.21. The van der Waals surface area contributed by atoms with Gasteiger partial charge in [-0.3, -0.25) is 4.79 Å². The van der Waals surface area contributed by atoms with Gasteiger partial charge in [0.2, 0.25) is 0 Å². The van der Waals surface area contributed by atoms with Crippen LogP contribution in [0.5, 0.6) is 0 Å². The standard InChI is InChI=1S/C18H27N3OS/c1-5-11-18(12-6-2)16(22)19-17(20-18)23-13-14-9-7-8-10-15(14)21(3)4/h7-10H,5-6,11-13H2,1-4H3,(H,19,20,22). The summed E-state index contributed by atoms with van der Waals surface area (Å²) in [6.45, 7) is 4.23. The molecule has 0 atom stereocenters. The number of nitrogens with one attached hydrogen (secondary N) is 1. The van der Waals surface area contributed by atoms with E-state index in [-0.39, 0.29) is 5.91 Å². The molecule has 5 heteroatoms. The number of rotatable bonds is 7. The summed E-state index contributed by atoms with van der Waals surface area (Å²) in [6.07, 6.45) is 3.66. The molecule has 0 saturated carbocycles. The van der Waals surface area contributed by atoms with E-state index in [1.54, 1.807) is 11.8 Å². The quantitative estimate of drug-likeness (QED) is 0.824. The first-order valence-corrected chi connectivity index (χ1v) is 9.30. The number of thioether (sulfide) groups is 1. The minimum Gasteiger partial charge on any atom is -0.377 e. The molecule has 126 valence electrons. The summed E-state index contributed by atoms with van der Waals surface area (Å²) in [4.78, 5) is 18.8. The number of anilines is 1. The number of nitrogens with zero attached hydrogens (tertiary/aromatic N) is 2. The van der Waals surface area contributed by atoms with Crippen LogP contribution in [0.3, 0.4) is 0 Å². The molecule has 0 saturated heterocycles. The van der Waals surface area contributed by atoms with E-state index in [0.29, 0.717) is 0 Å². The number of benzene rings is 1. The molecule has 0 fully saturated rings. The van der Waals surface area contributed by atoms with Crippen molar-refractivity contribution in [2.75, 3.05) is 19.0 Å². The molecule has 0 radical (unpaired) electrons.